The van der Waals surface area contributed by atoms with Crippen molar-refractivity contribution < 1.29 is 9.53 Å². The molecule has 3 rings (SSSR count). The molecule has 3 aromatic rings. The Balaban J connectivity index is 1.81. The van der Waals surface area contributed by atoms with Gasteiger partial charge in [-0.2, -0.15) is 5.10 Å². The maximum absolute atomic E-state index is 12.8. The quantitative estimate of drug-likeness (QED) is 0.692. The van der Waals surface area contributed by atoms with Crippen LogP contribution in [0.15, 0.2) is 46.4 Å². The summed E-state index contributed by atoms with van der Waals surface area (Å²) in [6, 6.07) is 11.5. The van der Waals surface area contributed by atoms with E-state index in [2.05, 4.69) is 26.1 Å². The predicted molar refractivity (Wildman–Crippen MR) is 98.4 cm³/mol. The molecule has 0 aliphatic heterocycles. The average molecular weight is 406 g/mol. The number of nitrogens with one attached hydrogen (secondary N) is 1. The van der Waals surface area contributed by atoms with E-state index in [1.807, 2.05) is 36.4 Å². The lowest BCUT2D eigenvalue weighted by molar-refractivity contribution is 0.0787. The topological polar surface area (TPSA) is 58.2 Å². The molecule has 0 atom stereocenters. The number of H-pyrrole nitrogens is 1. The minimum atomic E-state index is -0.0703. The van der Waals surface area contributed by atoms with Gasteiger partial charge in [-0.1, -0.05) is 0 Å². The number of aromatic nitrogens is 2. The first-order valence-electron chi connectivity index (χ1n) is 7.26. The Morgan fingerprint density at radius 1 is 1.29 bits per heavy atom. The fourth-order valence-electron chi connectivity index (χ4n) is 2.37. The summed E-state index contributed by atoms with van der Waals surface area (Å²) >= 11 is 5.06. The van der Waals surface area contributed by atoms with Crippen LogP contribution in [0.5, 0.6) is 5.75 Å². The van der Waals surface area contributed by atoms with E-state index in [4.69, 9.17) is 4.74 Å². The molecule has 0 fully saturated rings. The van der Waals surface area contributed by atoms with Crippen molar-refractivity contribution in [2.45, 2.75) is 6.54 Å². The van der Waals surface area contributed by atoms with Gasteiger partial charge in [0.2, 0.25) is 0 Å². The van der Waals surface area contributed by atoms with E-state index >= 15 is 0 Å². The van der Waals surface area contributed by atoms with E-state index in [1.165, 1.54) is 0 Å². The third-order valence-electron chi connectivity index (χ3n) is 3.62. The minimum Gasteiger partial charge on any atom is -0.497 e. The summed E-state index contributed by atoms with van der Waals surface area (Å²) in [4.78, 5) is 15.6. The number of hydrogen-bond acceptors (Lipinski definition) is 4. The number of amides is 1. The molecule has 7 heteroatoms. The average Bonchev–Trinajstić information content (AvgIpc) is 3.23. The summed E-state index contributed by atoms with van der Waals surface area (Å²) in [6.45, 7) is 0.558. The summed E-state index contributed by atoms with van der Waals surface area (Å²) in [6.07, 6.45) is 1.57. The molecule has 124 valence electrons. The number of methoxy groups -OCH3 is 1. The SMILES string of the molecule is COc1ccc(-c2[nH]ncc2C(=O)N(C)Cc2ccc(Br)s2)cc1. The van der Waals surface area contributed by atoms with Gasteiger partial charge in [-0.15, -0.1) is 11.3 Å². The first kappa shape index (κ1) is 16.7. The van der Waals surface area contributed by atoms with E-state index in [0.29, 0.717) is 17.8 Å². The van der Waals surface area contributed by atoms with Crippen LogP contribution in [-0.2, 0) is 6.54 Å². The zero-order valence-electron chi connectivity index (χ0n) is 13.2. The molecule has 1 amide bonds. The van der Waals surface area contributed by atoms with Crippen LogP contribution in [0.3, 0.4) is 0 Å². The number of hydrogen-bond donors (Lipinski definition) is 1. The number of aromatic amines is 1. The lowest BCUT2D eigenvalue weighted by atomic mass is 10.1. The summed E-state index contributed by atoms with van der Waals surface area (Å²) in [7, 11) is 3.42. The van der Waals surface area contributed by atoms with Crippen LogP contribution in [0, 0.1) is 0 Å². The number of thiophene rings is 1. The second kappa shape index (κ2) is 7.19. The lowest BCUT2D eigenvalue weighted by Crippen LogP contribution is -2.25. The third-order valence-corrected chi connectivity index (χ3v) is 5.23. The van der Waals surface area contributed by atoms with Crippen molar-refractivity contribution in [1.29, 1.82) is 0 Å². The third kappa shape index (κ3) is 3.52. The van der Waals surface area contributed by atoms with Crippen molar-refractivity contribution in [3.63, 3.8) is 0 Å². The highest BCUT2D eigenvalue weighted by molar-refractivity contribution is 9.11. The van der Waals surface area contributed by atoms with Crippen molar-refractivity contribution in [3.05, 3.63) is 56.8 Å². The Labute approximate surface area is 152 Å². The molecule has 1 N–H and O–H groups in total. The largest absolute Gasteiger partial charge is 0.497 e. The van der Waals surface area contributed by atoms with Gasteiger partial charge >= 0.3 is 0 Å². The van der Waals surface area contributed by atoms with Crippen LogP contribution in [0.2, 0.25) is 0 Å². The molecule has 0 aliphatic rings. The van der Waals surface area contributed by atoms with Crippen LogP contribution in [0.25, 0.3) is 11.3 Å². The first-order valence-corrected chi connectivity index (χ1v) is 8.87. The maximum Gasteiger partial charge on any atom is 0.257 e. The molecule has 0 saturated carbocycles. The summed E-state index contributed by atoms with van der Waals surface area (Å²) < 4.78 is 6.22. The standard InChI is InChI=1S/C17H16BrN3O2S/c1-21(10-13-7-8-15(18)24-13)17(22)14-9-19-20-16(14)11-3-5-12(23-2)6-4-11/h3-9H,10H2,1-2H3,(H,19,20). The van der Waals surface area contributed by atoms with Gasteiger partial charge in [0.15, 0.2) is 0 Å². The molecule has 5 nitrogen and oxygen atoms in total. The number of rotatable bonds is 5. The van der Waals surface area contributed by atoms with Gasteiger partial charge in [0.05, 0.1) is 34.9 Å². The van der Waals surface area contributed by atoms with Crippen LogP contribution in [0.1, 0.15) is 15.2 Å². The maximum atomic E-state index is 12.8. The van der Waals surface area contributed by atoms with Crippen LogP contribution >= 0.6 is 27.3 Å². The Kier molecular flexibility index (Phi) is 5.01. The number of halogens is 1. The predicted octanol–water partition coefficient (Wildman–Crippen LogP) is 4.18. The Hall–Kier alpha value is -2.12. The molecule has 1 aromatic carbocycles. The van der Waals surface area contributed by atoms with Crippen LogP contribution in [0.4, 0.5) is 0 Å². The summed E-state index contributed by atoms with van der Waals surface area (Å²) in [5, 5.41) is 6.97. The molecule has 0 saturated heterocycles. The van der Waals surface area contributed by atoms with Crippen LogP contribution < -0.4 is 4.74 Å². The minimum absolute atomic E-state index is 0.0703. The van der Waals surface area contributed by atoms with Crippen molar-refractivity contribution in [2.75, 3.05) is 14.2 Å². The summed E-state index contributed by atoms with van der Waals surface area (Å²) in [5.41, 5.74) is 2.16. The van der Waals surface area contributed by atoms with Gasteiger partial charge in [-0.25, -0.2) is 0 Å². The fraction of sp³-hybridized carbons (Fsp3) is 0.176. The highest BCUT2D eigenvalue weighted by Crippen LogP contribution is 2.26. The molecule has 0 radical (unpaired) electrons. The Morgan fingerprint density at radius 3 is 2.67 bits per heavy atom. The summed E-state index contributed by atoms with van der Waals surface area (Å²) in [5.74, 6) is 0.700. The Morgan fingerprint density at radius 2 is 2.04 bits per heavy atom. The van der Waals surface area contributed by atoms with Gasteiger partial charge in [0.25, 0.3) is 5.91 Å². The number of carbonyl (C=O) groups is 1. The molecule has 24 heavy (non-hydrogen) atoms. The van der Waals surface area contributed by atoms with Gasteiger partial charge < -0.3 is 9.64 Å². The molecular weight excluding hydrogens is 390 g/mol. The van der Waals surface area contributed by atoms with Crippen molar-refractivity contribution in [1.82, 2.24) is 15.1 Å². The molecule has 0 bridgehead atoms. The van der Waals surface area contributed by atoms with Gasteiger partial charge in [-0.3, -0.25) is 9.89 Å². The van der Waals surface area contributed by atoms with Crippen molar-refractivity contribution >= 4 is 33.2 Å². The van der Waals surface area contributed by atoms with Gasteiger partial charge in [0.1, 0.15) is 5.75 Å². The Bertz CT molecular complexity index is 842. The van der Waals surface area contributed by atoms with Crippen molar-refractivity contribution in [2.24, 2.45) is 0 Å². The first-order chi connectivity index (χ1) is 11.6. The van der Waals surface area contributed by atoms with Crippen molar-refractivity contribution in [3.8, 4) is 17.0 Å². The van der Waals surface area contributed by atoms with E-state index in [1.54, 1.807) is 36.6 Å². The number of ether oxygens (including phenoxy) is 1. The molecule has 2 heterocycles. The zero-order valence-corrected chi connectivity index (χ0v) is 15.6. The number of carbonyl (C=O) groups excluding carboxylic acids is 1. The zero-order chi connectivity index (χ0) is 17.1. The smallest absolute Gasteiger partial charge is 0.257 e. The number of benzene rings is 1. The number of nitrogens with zero attached hydrogens (tertiary/aromatic N) is 2. The normalized spacial score (nSPS) is 10.6. The monoisotopic (exact) mass is 405 g/mol. The van der Waals surface area contributed by atoms with E-state index in [-0.39, 0.29) is 5.91 Å². The van der Waals surface area contributed by atoms with Gasteiger partial charge in [0, 0.05) is 17.5 Å². The molecule has 0 spiro atoms. The van der Waals surface area contributed by atoms with E-state index < -0.39 is 0 Å². The van der Waals surface area contributed by atoms with E-state index in [9.17, 15) is 4.79 Å². The van der Waals surface area contributed by atoms with Crippen LogP contribution in [-0.4, -0.2) is 35.2 Å². The van der Waals surface area contributed by atoms with E-state index in [0.717, 1.165) is 20.0 Å². The lowest BCUT2D eigenvalue weighted by Gasteiger charge is -2.16. The highest BCUT2D eigenvalue weighted by Gasteiger charge is 2.19. The molecule has 0 aliphatic carbocycles. The molecule has 2 aromatic heterocycles. The highest BCUT2D eigenvalue weighted by atomic mass is 79.9. The second-order valence-corrected chi connectivity index (χ2v) is 7.80. The van der Waals surface area contributed by atoms with Gasteiger partial charge in [-0.05, 0) is 52.3 Å². The second-order valence-electron chi connectivity index (χ2n) is 5.25. The molecular formula is C17H16BrN3O2S. The fourth-order valence-corrected chi connectivity index (χ4v) is 3.91. The molecule has 0 unspecified atom stereocenters.